The quantitative estimate of drug-likeness (QED) is 0.543. The molecule has 0 spiro atoms. The molecule has 0 saturated carbocycles. The molecule has 3 rings (SSSR count). The van der Waals surface area contributed by atoms with Crippen LogP contribution in [0.5, 0.6) is 5.75 Å². The Morgan fingerprint density at radius 3 is 2.75 bits per heavy atom. The van der Waals surface area contributed by atoms with E-state index >= 15 is 0 Å². The highest BCUT2D eigenvalue weighted by Crippen LogP contribution is 2.23. The summed E-state index contributed by atoms with van der Waals surface area (Å²) in [6, 6.07) is 13.9. The van der Waals surface area contributed by atoms with Crippen molar-refractivity contribution in [1.82, 2.24) is 0 Å². The summed E-state index contributed by atoms with van der Waals surface area (Å²) < 4.78 is 15.6. The number of carbonyl (C=O) groups is 1. The summed E-state index contributed by atoms with van der Waals surface area (Å²) in [6.07, 6.45) is 0. The van der Waals surface area contributed by atoms with Crippen LogP contribution < -0.4 is 10.4 Å². The van der Waals surface area contributed by atoms with Crippen molar-refractivity contribution in [2.24, 2.45) is 0 Å². The average molecular weight is 324 g/mol. The van der Waals surface area contributed by atoms with Gasteiger partial charge in [-0.1, -0.05) is 12.1 Å². The minimum Gasteiger partial charge on any atom is -0.489 e. The topological polar surface area (TPSA) is 65.7 Å². The number of carbonyl (C=O) groups excluding carboxylic acids is 1. The Morgan fingerprint density at radius 1 is 1.12 bits per heavy atom. The Hall–Kier alpha value is -3.08. The maximum atomic E-state index is 11.5. The van der Waals surface area contributed by atoms with Gasteiger partial charge in [0.25, 0.3) is 0 Å². The van der Waals surface area contributed by atoms with Crippen LogP contribution in [0.15, 0.2) is 57.7 Å². The number of rotatable bonds is 4. The van der Waals surface area contributed by atoms with E-state index in [-0.39, 0.29) is 18.2 Å². The van der Waals surface area contributed by atoms with Crippen LogP contribution in [-0.2, 0) is 11.3 Å². The Balaban J connectivity index is 1.81. The molecule has 1 aromatic heterocycles. The number of hydrogen-bond donors (Lipinski definition) is 0. The minimum absolute atomic E-state index is 0.284. The van der Waals surface area contributed by atoms with E-state index in [2.05, 4.69) is 0 Å². The highest BCUT2D eigenvalue weighted by atomic mass is 16.5. The monoisotopic (exact) mass is 324 g/mol. The molecule has 0 N–H and O–H groups in total. The molecule has 0 amide bonds. The lowest BCUT2D eigenvalue weighted by atomic mass is 10.1. The van der Waals surface area contributed by atoms with Gasteiger partial charge in [0.05, 0.1) is 12.7 Å². The first kappa shape index (κ1) is 15.8. The van der Waals surface area contributed by atoms with E-state index in [4.69, 9.17) is 13.9 Å². The molecule has 0 unspecified atom stereocenters. The molecular weight excluding hydrogens is 308 g/mol. The first-order chi connectivity index (χ1) is 11.6. The number of fused-ring (bicyclic) bond motifs is 1. The van der Waals surface area contributed by atoms with E-state index in [1.54, 1.807) is 24.3 Å². The van der Waals surface area contributed by atoms with Gasteiger partial charge in [-0.25, -0.2) is 9.59 Å². The lowest BCUT2D eigenvalue weighted by Gasteiger charge is -2.08. The van der Waals surface area contributed by atoms with Crippen molar-refractivity contribution in [3.63, 3.8) is 0 Å². The molecule has 0 radical (unpaired) electrons. The van der Waals surface area contributed by atoms with Crippen molar-refractivity contribution in [3.8, 4) is 5.75 Å². The smallest absolute Gasteiger partial charge is 0.337 e. The van der Waals surface area contributed by atoms with E-state index in [9.17, 15) is 9.59 Å². The Kier molecular flexibility index (Phi) is 4.33. The van der Waals surface area contributed by atoms with Gasteiger partial charge in [-0.3, -0.25) is 0 Å². The molecule has 0 saturated heterocycles. The molecule has 24 heavy (non-hydrogen) atoms. The zero-order valence-corrected chi connectivity index (χ0v) is 13.4. The molecule has 122 valence electrons. The van der Waals surface area contributed by atoms with Gasteiger partial charge in [-0.15, -0.1) is 0 Å². The van der Waals surface area contributed by atoms with Crippen LogP contribution in [0.25, 0.3) is 11.0 Å². The molecular formula is C19H16O5. The third-order valence-corrected chi connectivity index (χ3v) is 3.68. The first-order valence-corrected chi connectivity index (χ1v) is 7.41. The number of esters is 1. The van der Waals surface area contributed by atoms with E-state index in [1.807, 2.05) is 25.1 Å². The number of aryl methyl sites for hydroxylation is 1. The molecule has 0 fully saturated rings. The van der Waals surface area contributed by atoms with Gasteiger partial charge in [0.1, 0.15) is 17.9 Å². The van der Waals surface area contributed by atoms with Crippen molar-refractivity contribution < 1.29 is 18.7 Å². The second-order valence-electron chi connectivity index (χ2n) is 5.39. The van der Waals surface area contributed by atoms with Gasteiger partial charge in [-0.2, -0.15) is 0 Å². The van der Waals surface area contributed by atoms with Crippen LogP contribution in [0, 0.1) is 6.92 Å². The molecule has 0 atom stereocenters. The Morgan fingerprint density at radius 2 is 1.96 bits per heavy atom. The summed E-state index contributed by atoms with van der Waals surface area (Å²) in [6.45, 7) is 2.14. The summed E-state index contributed by atoms with van der Waals surface area (Å²) >= 11 is 0. The molecule has 5 nitrogen and oxygen atoms in total. The molecule has 2 aromatic carbocycles. The van der Waals surface area contributed by atoms with E-state index in [0.717, 1.165) is 16.5 Å². The molecule has 0 aliphatic carbocycles. The molecule has 0 aliphatic rings. The van der Waals surface area contributed by atoms with Gasteiger partial charge < -0.3 is 13.9 Å². The summed E-state index contributed by atoms with van der Waals surface area (Å²) in [5.74, 6) is 0.194. The Labute approximate surface area is 138 Å². The van der Waals surface area contributed by atoms with Crippen LogP contribution in [0.1, 0.15) is 21.5 Å². The van der Waals surface area contributed by atoms with Crippen LogP contribution in [0.3, 0.4) is 0 Å². The maximum Gasteiger partial charge on any atom is 0.337 e. The first-order valence-electron chi connectivity index (χ1n) is 7.41. The van der Waals surface area contributed by atoms with Gasteiger partial charge in [0.2, 0.25) is 0 Å². The fourth-order valence-corrected chi connectivity index (χ4v) is 2.47. The average Bonchev–Trinajstić information content (AvgIpc) is 2.59. The molecule has 3 aromatic rings. The van der Waals surface area contributed by atoms with Crippen molar-refractivity contribution in [2.75, 3.05) is 7.11 Å². The highest BCUT2D eigenvalue weighted by molar-refractivity contribution is 5.89. The summed E-state index contributed by atoms with van der Waals surface area (Å²) in [5.41, 5.74) is 2.27. The molecule has 0 aliphatic heterocycles. The summed E-state index contributed by atoms with van der Waals surface area (Å²) in [7, 11) is 1.34. The third kappa shape index (κ3) is 3.30. The summed E-state index contributed by atoms with van der Waals surface area (Å²) in [5, 5.41) is 0.870. The highest BCUT2D eigenvalue weighted by Gasteiger charge is 2.07. The van der Waals surface area contributed by atoms with Gasteiger partial charge in [0, 0.05) is 17.5 Å². The molecule has 5 heteroatoms. The predicted octanol–water partition coefficient (Wildman–Crippen LogP) is 3.47. The van der Waals surface area contributed by atoms with Crippen molar-refractivity contribution in [1.29, 1.82) is 0 Å². The maximum absolute atomic E-state index is 11.5. The van der Waals surface area contributed by atoms with Crippen LogP contribution >= 0.6 is 0 Å². The van der Waals surface area contributed by atoms with Gasteiger partial charge >= 0.3 is 11.6 Å². The molecule has 0 bridgehead atoms. The standard InChI is InChI=1S/C19H16O5/c1-12-8-18(20)24-17-10-15(6-7-16(12)17)23-11-13-4-3-5-14(9-13)19(21)22-2/h3-10H,11H2,1-2H3. The van der Waals surface area contributed by atoms with E-state index in [1.165, 1.54) is 13.2 Å². The van der Waals surface area contributed by atoms with Crippen molar-refractivity contribution in [2.45, 2.75) is 13.5 Å². The number of methoxy groups -OCH3 is 1. The van der Waals surface area contributed by atoms with E-state index < -0.39 is 0 Å². The number of hydrogen-bond acceptors (Lipinski definition) is 5. The SMILES string of the molecule is COC(=O)c1cccc(COc2ccc3c(C)cc(=O)oc3c2)c1. The predicted molar refractivity (Wildman–Crippen MR) is 89.3 cm³/mol. The summed E-state index contributed by atoms with van der Waals surface area (Å²) in [4.78, 5) is 23.0. The van der Waals surface area contributed by atoms with Crippen molar-refractivity contribution >= 4 is 16.9 Å². The lowest BCUT2D eigenvalue weighted by molar-refractivity contribution is 0.0600. The van der Waals surface area contributed by atoms with Gasteiger partial charge in [0.15, 0.2) is 0 Å². The van der Waals surface area contributed by atoms with Crippen LogP contribution in [0.4, 0.5) is 0 Å². The third-order valence-electron chi connectivity index (χ3n) is 3.68. The van der Waals surface area contributed by atoms with E-state index in [0.29, 0.717) is 16.9 Å². The second-order valence-corrected chi connectivity index (χ2v) is 5.39. The minimum atomic E-state index is -0.389. The fraction of sp³-hybridized carbons (Fsp3) is 0.158. The largest absolute Gasteiger partial charge is 0.489 e. The van der Waals surface area contributed by atoms with Crippen LogP contribution in [-0.4, -0.2) is 13.1 Å². The zero-order valence-electron chi connectivity index (χ0n) is 13.4. The number of ether oxygens (including phenoxy) is 2. The Bertz CT molecular complexity index is 955. The number of benzene rings is 2. The zero-order chi connectivity index (χ0) is 17.1. The second kappa shape index (κ2) is 6.58. The fourth-order valence-electron chi connectivity index (χ4n) is 2.47. The molecule has 1 heterocycles. The normalized spacial score (nSPS) is 10.6. The van der Waals surface area contributed by atoms with Crippen molar-refractivity contribution in [3.05, 3.63) is 75.6 Å². The lowest BCUT2D eigenvalue weighted by Crippen LogP contribution is -2.03. The van der Waals surface area contributed by atoms with Crippen LogP contribution in [0.2, 0.25) is 0 Å². The van der Waals surface area contributed by atoms with Gasteiger partial charge in [-0.05, 0) is 42.3 Å².